The SMILES string of the molecule is CC(C)C1NC(=O)C(C)(C)/C=C/c2ccc3ccc(nc3c2)[C@@H](C)OC(=O)[C@@H]2CCCN(N2)C(=O)C(Cn2cccn2)NC1=O. The van der Waals surface area contributed by atoms with E-state index in [0.717, 1.165) is 16.5 Å². The Balaban J connectivity index is 1.51. The van der Waals surface area contributed by atoms with Crippen LogP contribution < -0.4 is 16.1 Å². The molecule has 4 heterocycles. The lowest BCUT2D eigenvalue weighted by atomic mass is 9.89. The largest absolute Gasteiger partial charge is 0.455 e. The molecule has 3 aromatic rings. The van der Waals surface area contributed by atoms with Gasteiger partial charge in [0, 0.05) is 24.3 Å². The molecule has 12 heteroatoms. The van der Waals surface area contributed by atoms with E-state index in [0.29, 0.717) is 25.1 Å². The highest BCUT2D eigenvalue weighted by atomic mass is 16.5. The molecule has 5 rings (SSSR count). The Hall–Kier alpha value is -4.58. The van der Waals surface area contributed by atoms with Crippen molar-refractivity contribution < 1.29 is 23.9 Å². The second-order valence-electron chi connectivity index (χ2n) is 12.6. The number of benzene rings is 1. The lowest BCUT2D eigenvalue weighted by Crippen LogP contribution is -2.62. The van der Waals surface area contributed by atoms with E-state index in [1.165, 1.54) is 5.01 Å². The van der Waals surface area contributed by atoms with E-state index in [1.54, 1.807) is 50.0 Å². The first-order chi connectivity index (χ1) is 21.4. The van der Waals surface area contributed by atoms with Crippen LogP contribution in [0.1, 0.15) is 64.8 Å². The lowest BCUT2D eigenvalue weighted by molar-refractivity contribution is -0.157. The fourth-order valence-corrected chi connectivity index (χ4v) is 5.38. The third-order valence-corrected chi connectivity index (χ3v) is 8.24. The third kappa shape index (κ3) is 7.39. The molecule has 12 nitrogen and oxygen atoms in total. The summed E-state index contributed by atoms with van der Waals surface area (Å²) in [6, 6.07) is 8.58. The smallest absolute Gasteiger partial charge is 0.325 e. The van der Waals surface area contributed by atoms with E-state index < -0.39 is 47.4 Å². The van der Waals surface area contributed by atoms with Crippen LogP contribution in [0, 0.1) is 11.3 Å². The molecule has 2 aliphatic heterocycles. The predicted molar refractivity (Wildman–Crippen MR) is 168 cm³/mol. The quantitative estimate of drug-likeness (QED) is 0.381. The first-order valence-corrected chi connectivity index (χ1v) is 15.4. The molecule has 238 valence electrons. The molecule has 1 saturated heterocycles. The van der Waals surface area contributed by atoms with Crippen LogP contribution in [0.25, 0.3) is 17.0 Å². The molecule has 5 bridgehead atoms. The molecule has 2 aliphatic rings. The van der Waals surface area contributed by atoms with Crippen molar-refractivity contribution in [2.45, 2.75) is 78.2 Å². The standard InChI is InChI=1S/C33H41N7O5/c1-20(2)28-29(41)36-27(19-39-16-7-15-34-39)30(42)40-17-6-8-25(38-40)31(43)45-21(3)24-12-11-23-10-9-22(18-26(23)35-24)13-14-33(4,5)32(44)37-28/h7,9-16,18,20-21,25,27-28,38H,6,8,17,19H2,1-5H3,(H,36,41)(H,37,44)/b14-13+/t21-,25+,27?,28?/m1/s1. The van der Waals surface area contributed by atoms with Crippen LogP contribution >= 0.6 is 0 Å². The Morgan fingerprint density at radius 1 is 1.09 bits per heavy atom. The minimum absolute atomic E-state index is 0.0571. The zero-order chi connectivity index (χ0) is 32.3. The number of ether oxygens (including phenoxy) is 1. The summed E-state index contributed by atoms with van der Waals surface area (Å²) in [4.78, 5) is 59.2. The number of nitrogens with zero attached hydrogens (tertiary/aromatic N) is 4. The Morgan fingerprint density at radius 3 is 2.60 bits per heavy atom. The number of fused-ring (bicyclic) bond motifs is 4. The molecule has 45 heavy (non-hydrogen) atoms. The van der Waals surface area contributed by atoms with Crippen LogP contribution in [0.4, 0.5) is 0 Å². The van der Waals surface area contributed by atoms with E-state index in [2.05, 4.69) is 21.2 Å². The van der Waals surface area contributed by atoms with Crippen molar-refractivity contribution in [1.82, 2.24) is 35.8 Å². The summed E-state index contributed by atoms with van der Waals surface area (Å²) in [5.74, 6) is -2.03. The molecule has 1 fully saturated rings. The van der Waals surface area contributed by atoms with E-state index in [9.17, 15) is 19.2 Å². The number of pyridine rings is 1. The number of aromatic nitrogens is 3. The van der Waals surface area contributed by atoms with Gasteiger partial charge in [0.1, 0.15) is 24.2 Å². The minimum atomic E-state index is -1.03. The summed E-state index contributed by atoms with van der Waals surface area (Å²) in [6.45, 7) is 9.38. The fourth-order valence-electron chi connectivity index (χ4n) is 5.38. The van der Waals surface area contributed by atoms with Crippen LogP contribution in [-0.4, -0.2) is 68.1 Å². The van der Waals surface area contributed by atoms with E-state index in [4.69, 9.17) is 9.72 Å². The predicted octanol–water partition coefficient (Wildman–Crippen LogP) is 2.91. The number of esters is 1. The second kappa shape index (κ2) is 13.2. The first-order valence-electron chi connectivity index (χ1n) is 15.4. The van der Waals surface area contributed by atoms with Gasteiger partial charge in [-0.25, -0.2) is 10.4 Å². The Kier molecular flexibility index (Phi) is 9.33. The van der Waals surface area contributed by atoms with E-state index in [-0.39, 0.29) is 18.4 Å². The normalized spacial score (nSPS) is 25.5. The molecule has 0 spiro atoms. The van der Waals surface area contributed by atoms with Crippen molar-refractivity contribution in [3.05, 3.63) is 66.1 Å². The lowest BCUT2D eigenvalue weighted by Gasteiger charge is -2.36. The molecule has 3 N–H and O–H groups in total. The zero-order valence-corrected chi connectivity index (χ0v) is 26.3. The summed E-state index contributed by atoms with van der Waals surface area (Å²) in [5, 5.41) is 12.3. The number of cyclic esters (lactones) is 1. The molecule has 0 radical (unpaired) electrons. The van der Waals surface area contributed by atoms with Gasteiger partial charge in [0.2, 0.25) is 11.8 Å². The van der Waals surface area contributed by atoms with Crippen molar-refractivity contribution in [2.24, 2.45) is 11.3 Å². The second-order valence-corrected chi connectivity index (χ2v) is 12.6. The summed E-state index contributed by atoms with van der Waals surface area (Å²) in [7, 11) is 0. The van der Waals surface area contributed by atoms with Crippen molar-refractivity contribution >= 4 is 40.7 Å². The van der Waals surface area contributed by atoms with Crippen LogP contribution in [0.5, 0.6) is 0 Å². The number of hydrazine groups is 1. The summed E-state index contributed by atoms with van der Waals surface area (Å²) < 4.78 is 7.37. The monoisotopic (exact) mass is 615 g/mol. The maximum Gasteiger partial charge on any atom is 0.325 e. The van der Waals surface area contributed by atoms with Gasteiger partial charge in [-0.2, -0.15) is 5.10 Å². The summed E-state index contributed by atoms with van der Waals surface area (Å²) in [6.07, 6.45) is 7.32. The van der Waals surface area contributed by atoms with Gasteiger partial charge in [-0.05, 0) is 63.3 Å². The molecule has 2 aromatic heterocycles. The van der Waals surface area contributed by atoms with Gasteiger partial charge in [0.15, 0.2) is 0 Å². The Bertz CT molecular complexity index is 1600. The molecule has 2 unspecified atom stereocenters. The van der Waals surface area contributed by atoms with Gasteiger partial charge in [0.05, 0.1) is 23.2 Å². The molecule has 3 amide bonds. The van der Waals surface area contributed by atoms with Crippen molar-refractivity contribution in [1.29, 1.82) is 0 Å². The minimum Gasteiger partial charge on any atom is -0.455 e. The number of hydrogen-bond acceptors (Lipinski definition) is 8. The number of amides is 3. The number of carbonyl (C=O) groups excluding carboxylic acids is 4. The van der Waals surface area contributed by atoms with Crippen molar-refractivity contribution in [2.75, 3.05) is 6.54 Å². The van der Waals surface area contributed by atoms with Gasteiger partial charge in [-0.3, -0.25) is 28.9 Å². The van der Waals surface area contributed by atoms with Crippen molar-refractivity contribution in [3.63, 3.8) is 0 Å². The van der Waals surface area contributed by atoms with Gasteiger partial charge in [0.25, 0.3) is 5.91 Å². The van der Waals surface area contributed by atoms with E-state index >= 15 is 0 Å². The van der Waals surface area contributed by atoms with Crippen LogP contribution in [0.2, 0.25) is 0 Å². The number of nitrogens with one attached hydrogen (secondary N) is 3. The summed E-state index contributed by atoms with van der Waals surface area (Å²) in [5.41, 5.74) is 4.21. The van der Waals surface area contributed by atoms with Gasteiger partial charge in [-0.1, -0.05) is 44.2 Å². The van der Waals surface area contributed by atoms with Gasteiger partial charge in [-0.15, -0.1) is 0 Å². The highest BCUT2D eigenvalue weighted by Crippen LogP contribution is 2.25. The fraction of sp³-hybridized carbons (Fsp3) is 0.455. The van der Waals surface area contributed by atoms with Crippen molar-refractivity contribution in [3.8, 4) is 0 Å². The van der Waals surface area contributed by atoms with E-state index in [1.807, 2.05) is 50.3 Å². The number of carbonyl (C=O) groups is 4. The van der Waals surface area contributed by atoms with Crippen LogP contribution in [-0.2, 0) is 30.5 Å². The maximum atomic E-state index is 13.9. The van der Waals surface area contributed by atoms with Crippen LogP contribution in [0.3, 0.4) is 0 Å². The maximum absolute atomic E-state index is 13.9. The van der Waals surface area contributed by atoms with Gasteiger partial charge >= 0.3 is 5.97 Å². The third-order valence-electron chi connectivity index (χ3n) is 8.24. The average Bonchev–Trinajstić information content (AvgIpc) is 3.54. The number of hydrogen-bond donors (Lipinski definition) is 3. The first kappa shape index (κ1) is 31.8. The molecular formula is C33H41N7O5. The average molecular weight is 616 g/mol. The molecule has 1 aromatic carbocycles. The summed E-state index contributed by atoms with van der Waals surface area (Å²) >= 11 is 0. The Morgan fingerprint density at radius 2 is 1.87 bits per heavy atom. The molecule has 0 saturated carbocycles. The molecule has 0 aliphatic carbocycles. The van der Waals surface area contributed by atoms with Crippen LogP contribution in [0.15, 0.2) is 54.9 Å². The van der Waals surface area contributed by atoms with Gasteiger partial charge < -0.3 is 15.4 Å². The highest BCUT2D eigenvalue weighted by molar-refractivity contribution is 5.94. The Labute approximate surface area is 262 Å². The topological polar surface area (TPSA) is 148 Å². The molecule has 4 atom stereocenters. The number of rotatable bonds is 3. The zero-order valence-electron chi connectivity index (χ0n) is 26.3. The molecular weight excluding hydrogens is 574 g/mol. The highest BCUT2D eigenvalue weighted by Gasteiger charge is 2.37.